The van der Waals surface area contributed by atoms with Crippen molar-refractivity contribution >= 4 is 39.2 Å². The predicted molar refractivity (Wildman–Crippen MR) is 257 cm³/mol. The summed E-state index contributed by atoms with van der Waals surface area (Å²) in [6.07, 6.45) is 37.2. The van der Waals surface area contributed by atoms with E-state index in [4.69, 9.17) is 10.7 Å². The first-order valence-electron chi connectivity index (χ1n) is 25.5. The lowest BCUT2D eigenvalue weighted by molar-refractivity contribution is 0.277. The van der Waals surface area contributed by atoms with Crippen molar-refractivity contribution in [1.29, 1.82) is 0 Å². The van der Waals surface area contributed by atoms with E-state index in [1.165, 1.54) is 38.5 Å². The van der Waals surface area contributed by atoms with Crippen LogP contribution in [0.25, 0.3) is 0 Å². The Morgan fingerprint density at radius 1 is 0.276 bits per heavy atom. The fourth-order valence-electron chi connectivity index (χ4n) is 9.26. The molecule has 3 atom stereocenters. The molecule has 0 fully saturated rings. The molecule has 0 spiro atoms. The maximum Gasteiger partial charge on any atom is 1.04 e. The van der Waals surface area contributed by atoms with Crippen LogP contribution in [0.5, 0.6) is 0 Å². The van der Waals surface area contributed by atoms with Gasteiger partial charge in [0.1, 0.15) is 0 Å². The molecular weight excluding hydrogens is 792 g/mol. The number of unbranched alkanes of at least 4 members (excludes halogenated alkanes) is 18. The van der Waals surface area contributed by atoms with E-state index >= 15 is 13.7 Å². The van der Waals surface area contributed by atoms with Crippen molar-refractivity contribution in [2.75, 3.05) is 0 Å². The molecule has 0 aliphatic rings. The molecule has 0 N–H and O–H groups in total. The van der Waals surface area contributed by atoms with Gasteiger partial charge in [-0.2, -0.15) is 0 Å². The normalized spacial score (nSPS) is 13.3. The molecule has 0 saturated carbocycles. The zero-order valence-corrected chi connectivity index (χ0v) is 44.2. The van der Waals surface area contributed by atoms with E-state index in [-0.39, 0.29) is 0 Å². The summed E-state index contributed by atoms with van der Waals surface area (Å²) in [7, 11) is -6.67. The summed E-state index contributed by atoms with van der Waals surface area (Å²) in [5.41, 5.74) is 0. The molecule has 0 aliphatic carbocycles. The smallest absolute Gasteiger partial charge is 0.201 e. The van der Waals surface area contributed by atoms with Crippen molar-refractivity contribution in [3.8, 4) is 0 Å². The van der Waals surface area contributed by atoms with E-state index in [1.807, 2.05) is 0 Å². The molecule has 6 nitrogen and oxygen atoms in total. The van der Waals surface area contributed by atoms with Crippen LogP contribution in [0, 0.1) is 0 Å². The van der Waals surface area contributed by atoms with Crippen LogP contribution in [0.4, 0.5) is 0 Å². The predicted octanol–water partition coefficient (Wildman–Crippen LogP) is 19.7. The SMILES string of the molecule is CCCCCCC(CCC)(CCCCCC)[P+](=O)[O][Al]([O][P+](=O)C(CCC)(CCCCCC)CCCCCC)[O][P+](=O)C(CCC)(CCCCCC)CCCCCC. The monoisotopic (exact) mass is 892 g/mol. The van der Waals surface area contributed by atoms with Gasteiger partial charge in [0.15, 0.2) is 15.5 Å². The molecule has 58 heavy (non-hydrogen) atoms. The van der Waals surface area contributed by atoms with Gasteiger partial charge in [-0.15, -0.1) is 0 Å². The highest BCUT2D eigenvalue weighted by Gasteiger charge is 2.66. The van der Waals surface area contributed by atoms with Gasteiger partial charge < -0.3 is 0 Å². The van der Waals surface area contributed by atoms with Crippen molar-refractivity contribution in [2.45, 2.75) is 309 Å². The second-order valence-electron chi connectivity index (χ2n) is 18.2. The average Bonchev–Trinajstić information content (AvgIpc) is 3.21. The minimum atomic E-state index is -3.42. The first-order valence-corrected chi connectivity index (χ1v) is 30.5. The zero-order valence-electron chi connectivity index (χ0n) is 40.3. The molecule has 0 aromatic rings. The molecule has 0 saturated heterocycles. The van der Waals surface area contributed by atoms with E-state index in [2.05, 4.69) is 62.3 Å². The van der Waals surface area contributed by atoms with Gasteiger partial charge >= 0.3 is 39.2 Å². The topological polar surface area (TPSA) is 78.9 Å². The van der Waals surface area contributed by atoms with E-state index in [0.717, 1.165) is 193 Å². The van der Waals surface area contributed by atoms with Gasteiger partial charge in [-0.05, 0) is 110 Å². The number of hydrogen-bond donors (Lipinski definition) is 0. The minimum Gasteiger partial charge on any atom is -0.201 e. The van der Waals surface area contributed by atoms with Crippen LogP contribution in [0.15, 0.2) is 0 Å². The highest BCUT2D eigenvalue weighted by Crippen LogP contribution is 2.57. The summed E-state index contributed by atoms with van der Waals surface area (Å²) >= 11 is -3.42. The zero-order chi connectivity index (χ0) is 43.4. The first-order chi connectivity index (χ1) is 28.1. The third kappa shape index (κ3) is 24.5. The fourth-order valence-corrected chi connectivity index (χ4v) is 18.6. The largest absolute Gasteiger partial charge is 1.04 e. The number of hydrogen-bond acceptors (Lipinski definition) is 6. The quantitative estimate of drug-likeness (QED) is 0.0344. The van der Waals surface area contributed by atoms with Gasteiger partial charge in [0.05, 0.1) is 0 Å². The lowest BCUT2D eigenvalue weighted by Crippen LogP contribution is -2.34. The summed E-state index contributed by atoms with van der Waals surface area (Å²) in [4.78, 5) is 0. The highest BCUT2D eigenvalue weighted by atomic mass is 31.1. The Morgan fingerprint density at radius 2 is 0.466 bits per heavy atom. The maximum atomic E-state index is 15.1. The summed E-state index contributed by atoms with van der Waals surface area (Å²) < 4.78 is 65.6. The Hall–Kier alpha value is 0.712. The molecule has 0 radical (unpaired) electrons. The molecule has 0 rings (SSSR count). The third-order valence-corrected chi connectivity index (χ3v) is 21.5. The van der Waals surface area contributed by atoms with Crippen molar-refractivity contribution in [3.05, 3.63) is 0 Å². The molecule has 10 heteroatoms. The molecular formula is C48H99AlO6P3+3. The molecule has 0 bridgehead atoms. The average molecular weight is 892 g/mol. The summed E-state index contributed by atoms with van der Waals surface area (Å²) in [5, 5.41) is -1.45. The Labute approximate surface area is 370 Å². The van der Waals surface area contributed by atoms with Gasteiger partial charge in [0.25, 0.3) is 0 Å². The maximum absolute atomic E-state index is 15.1. The fraction of sp³-hybridized carbons (Fsp3) is 1.00. The Kier molecular flexibility index (Phi) is 38.7. The lowest BCUT2D eigenvalue weighted by Gasteiger charge is -2.25. The Balaban J connectivity index is 7.22. The second-order valence-corrected chi connectivity index (χ2v) is 25.7. The van der Waals surface area contributed by atoms with E-state index in [1.54, 1.807) is 0 Å². The number of rotatable bonds is 45. The van der Waals surface area contributed by atoms with Crippen LogP contribution in [-0.2, 0) is 24.4 Å². The lowest BCUT2D eigenvalue weighted by atomic mass is 9.89. The molecule has 0 aromatic carbocycles. The van der Waals surface area contributed by atoms with Crippen LogP contribution in [-0.4, -0.2) is 30.6 Å². The molecule has 342 valence electrons. The van der Waals surface area contributed by atoms with Crippen molar-refractivity contribution in [3.63, 3.8) is 0 Å². The minimum absolute atomic E-state index is 0.484. The summed E-state index contributed by atoms with van der Waals surface area (Å²) in [5.74, 6) is 0. The summed E-state index contributed by atoms with van der Waals surface area (Å²) in [6, 6.07) is 0. The molecule has 0 aromatic heterocycles. The van der Waals surface area contributed by atoms with E-state index in [9.17, 15) is 0 Å². The van der Waals surface area contributed by atoms with Gasteiger partial charge in [-0.25, -0.2) is 10.7 Å². The van der Waals surface area contributed by atoms with Gasteiger partial charge in [-0.3, -0.25) is 0 Å². The van der Waals surface area contributed by atoms with Crippen LogP contribution in [0.1, 0.15) is 293 Å². The van der Waals surface area contributed by atoms with Gasteiger partial charge in [0.2, 0.25) is 0 Å². The van der Waals surface area contributed by atoms with Crippen LogP contribution < -0.4 is 0 Å². The second kappa shape index (κ2) is 38.2. The van der Waals surface area contributed by atoms with Crippen molar-refractivity contribution in [1.82, 2.24) is 0 Å². The molecule has 0 amide bonds. The van der Waals surface area contributed by atoms with Crippen LogP contribution in [0.2, 0.25) is 0 Å². The first kappa shape index (κ1) is 58.7. The standard InChI is InChI=1S/3C16H33O2P.Al/c3*1-4-7-9-11-14-16(13-6-3,19(17)18)15-12-10-8-5-2;/h3*4-15H2,1-3H3;/q;;;+3. The molecule has 0 aliphatic heterocycles. The summed E-state index contributed by atoms with van der Waals surface area (Å²) in [6.45, 7) is 20.0. The van der Waals surface area contributed by atoms with Gasteiger partial charge in [0, 0.05) is 0 Å². The Morgan fingerprint density at radius 3 is 0.621 bits per heavy atom. The molecule has 3 unspecified atom stereocenters. The Bertz CT molecular complexity index is 854. The van der Waals surface area contributed by atoms with Crippen LogP contribution in [0.3, 0.4) is 0 Å². The van der Waals surface area contributed by atoms with E-state index < -0.39 is 54.7 Å². The van der Waals surface area contributed by atoms with E-state index in [0.29, 0.717) is 0 Å². The van der Waals surface area contributed by atoms with Crippen molar-refractivity contribution in [2.24, 2.45) is 0 Å². The van der Waals surface area contributed by atoms with Crippen LogP contribution >= 0.6 is 24.1 Å². The van der Waals surface area contributed by atoms with Gasteiger partial charge in [-0.1, -0.05) is 197 Å². The third-order valence-electron chi connectivity index (χ3n) is 12.8. The highest BCUT2D eigenvalue weighted by molar-refractivity contribution is 7.46. The molecule has 0 heterocycles. The van der Waals surface area contributed by atoms with Crippen molar-refractivity contribution < 1.29 is 24.4 Å².